The van der Waals surface area contributed by atoms with Crippen LogP contribution in [0.5, 0.6) is 0 Å². The molecule has 3 nitrogen and oxygen atoms in total. The maximum atomic E-state index is 7.56. The fourth-order valence-corrected chi connectivity index (χ4v) is 4.05. The van der Waals surface area contributed by atoms with E-state index in [1.54, 1.807) is 36.4 Å². The van der Waals surface area contributed by atoms with Crippen LogP contribution in [0.2, 0.25) is 0 Å². The van der Waals surface area contributed by atoms with E-state index >= 15 is 0 Å². The van der Waals surface area contributed by atoms with Gasteiger partial charge in [-0.3, -0.25) is 0 Å². The number of pyridine rings is 2. The molecule has 3 aromatic carbocycles. The quantitative estimate of drug-likeness (QED) is 0.170. The predicted molar refractivity (Wildman–Crippen MR) is 157 cm³/mol. The largest absolute Gasteiger partial charge is 0.501 e. The van der Waals surface area contributed by atoms with Crippen LogP contribution in [0, 0.1) is 32.7 Å². The Bertz CT molecular complexity index is 1950. The van der Waals surface area contributed by atoms with E-state index in [1.165, 1.54) is 30.0 Å². The number of furan rings is 1. The molecule has 0 N–H and O–H groups in total. The fraction of sp³-hybridized carbons (Fsp3) is 0.200. The van der Waals surface area contributed by atoms with Gasteiger partial charge in [0.05, 0.1) is 5.58 Å². The molecule has 39 heavy (non-hydrogen) atoms. The van der Waals surface area contributed by atoms with E-state index in [0.29, 0.717) is 28.0 Å². The van der Waals surface area contributed by atoms with Gasteiger partial charge in [0.15, 0.2) is 0 Å². The summed E-state index contributed by atoms with van der Waals surface area (Å²) in [6.45, 7) is -0.0948. The van der Waals surface area contributed by atoms with Crippen LogP contribution in [0.25, 0.3) is 44.5 Å². The summed E-state index contributed by atoms with van der Waals surface area (Å²) in [4.78, 5) is 8.69. The Balaban J connectivity index is 0.000000222. The molecule has 0 amide bonds. The van der Waals surface area contributed by atoms with Gasteiger partial charge in [0, 0.05) is 50.2 Å². The topological polar surface area (TPSA) is 38.9 Å². The van der Waals surface area contributed by atoms with Crippen LogP contribution in [0.1, 0.15) is 55.4 Å². The Morgan fingerprint density at radius 3 is 2.13 bits per heavy atom. The van der Waals surface area contributed by atoms with Crippen LogP contribution >= 0.6 is 0 Å². The first-order valence-electron chi connectivity index (χ1n) is 16.7. The number of fused-ring (bicyclic) bond motifs is 3. The van der Waals surface area contributed by atoms with Crippen LogP contribution in [0.15, 0.2) is 89.6 Å². The minimum absolute atomic E-state index is 0. The van der Waals surface area contributed by atoms with E-state index in [0.717, 1.165) is 22.0 Å². The molecule has 199 valence electrons. The molecule has 4 heteroatoms. The summed E-state index contributed by atoms with van der Waals surface area (Å²) in [5, 5.41) is 1.62. The molecular formula is C35H32IrN2O-2. The zero-order valence-electron chi connectivity index (χ0n) is 30.7. The maximum absolute atomic E-state index is 7.56. The first-order chi connectivity index (χ1) is 21.8. The van der Waals surface area contributed by atoms with Gasteiger partial charge < -0.3 is 14.4 Å². The summed E-state index contributed by atoms with van der Waals surface area (Å²) in [5.41, 5.74) is 5.63. The van der Waals surface area contributed by atoms with Gasteiger partial charge >= 0.3 is 0 Å². The molecule has 6 aromatic rings. The monoisotopic (exact) mass is 698 g/mol. The minimum Gasteiger partial charge on any atom is -0.501 e. The Hall–Kier alpha value is -3.59. The van der Waals surface area contributed by atoms with Crippen molar-refractivity contribution in [3.05, 3.63) is 120 Å². The SMILES string of the molecule is [2H]C([2H])([2H])c1c[c-]c(-c2ccc(C(C)(C)C)cn2)cc1.[2H]C([2H])([2H])c1ccc(-c2[c-]ccc3c2oc2cc(C([2H])([2H])[2H])ccc23)nc1.[Ir]. The number of aryl methyl sites for hydroxylation is 3. The smallest absolute Gasteiger partial charge is 0.121 e. The molecule has 0 bridgehead atoms. The molecule has 3 heterocycles. The Morgan fingerprint density at radius 2 is 1.49 bits per heavy atom. The van der Waals surface area contributed by atoms with Gasteiger partial charge in [0.1, 0.15) is 5.58 Å². The molecule has 0 aliphatic carbocycles. The second-order valence-electron chi connectivity index (χ2n) is 10.0. The molecule has 0 saturated heterocycles. The first-order valence-corrected chi connectivity index (χ1v) is 12.2. The Kier molecular flexibility index (Phi) is 5.57. The van der Waals surface area contributed by atoms with Gasteiger partial charge in [-0.25, -0.2) is 0 Å². The molecule has 6 rings (SSSR count). The van der Waals surface area contributed by atoms with Crippen LogP contribution in [0.3, 0.4) is 0 Å². The zero-order chi connectivity index (χ0) is 34.4. The number of hydrogen-bond acceptors (Lipinski definition) is 3. The Labute approximate surface area is 257 Å². The molecule has 1 radical (unpaired) electrons. The number of nitrogens with zero attached hydrogens (tertiary/aromatic N) is 2. The third kappa shape index (κ3) is 6.36. The van der Waals surface area contributed by atoms with Crippen molar-refractivity contribution in [3.63, 3.8) is 0 Å². The van der Waals surface area contributed by atoms with Crippen LogP contribution in [0.4, 0.5) is 0 Å². The van der Waals surface area contributed by atoms with Gasteiger partial charge in [-0.05, 0) is 53.3 Å². The van der Waals surface area contributed by atoms with E-state index in [-0.39, 0.29) is 36.6 Å². The Morgan fingerprint density at radius 1 is 0.744 bits per heavy atom. The standard InChI is InChI=1S/C19H14NO.C16H18N.Ir/c1-12-6-8-14-15-4-3-5-16(19(15)21-18(14)10-12)17-9-7-13(2)11-20-17;1-12-5-7-13(8-6-12)15-10-9-14(11-17-15)16(2,3)4;/h3-4,6-11H,1-2H3;5-7,9-11H,1-4H3;/q2*-1;/i1D3,2D3;1D3;. The molecule has 0 unspecified atom stereocenters. The average Bonchev–Trinajstić information content (AvgIpc) is 3.38. The van der Waals surface area contributed by atoms with Crippen LogP contribution in [-0.2, 0) is 25.5 Å². The van der Waals surface area contributed by atoms with E-state index in [4.69, 9.17) is 16.8 Å². The maximum Gasteiger partial charge on any atom is 0.121 e. The summed E-state index contributed by atoms with van der Waals surface area (Å²) in [6, 6.07) is 26.5. The van der Waals surface area contributed by atoms with Crippen molar-refractivity contribution in [1.82, 2.24) is 9.97 Å². The van der Waals surface area contributed by atoms with Gasteiger partial charge in [-0.1, -0.05) is 75.0 Å². The number of rotatable bonds is 2. The molecule has 3 aromatic heterocycles. The normalized spacial score (nSPS) is 15.5. The predicted octanol–water partition coefficient (Wildman–Crippen LogP) is 9.22. The van der Waals surface area contributed by atoms with Crippen molar-refractivity contribution >= 4 is 21.9 Å². The molecule has 0 aliphatic rings. The second-order valence-corrected chi connectivity index (χ2v) is 10.0. The summed E-state index contributed by atoms with van der Waals surface area (Å²) in [5.74, 6) is 0. The van der Waals surface area contributed by atoms with Crippen LogP contribution < -0.4 is 0 Å². The van der Waals surface area contributed by atoms with E-state index in [2.05, 4.69) is 42.9 Å². The molecule has 0 fully saturated rings. The second kappa shape index (κ2) is 11.7. The molecule has 0 saturated carbocycles. The van der Waals surface area contributed by atoms with E-state index in [1.807, 2.05) is 24.4 Å². The van der Waals surface area contributed by atoms with Crippen LogP contribution in [-0.4, -0.2) is 9.97 Å². The summed E-state index contributed by atoms with van der Waals surface area (Å²) >= 11 is 0. The fourth-order valence-electron chi connectivity index (χ4n) is 4.05. The number of hydrogen-bond donors (Lipinski definition) is 0. The summed E-state index contributed by atoms with van der Waals surface area (Å²) < 4.78 is 73.0. The average molecular weight is 698 g/mol. The van der Waals surface area contributed by atoms with Gasteiger partial charge in [-0.15, -0.1) is 53.6 Å². The van der Waals surface area contributed by atoms with Gasteiger partial charge in [0.2, 0.25) is 0 Å². The molecule has 0 aliphatic heterocycles. The van der Waals surface area contributed by atoms with E-state index < -0.39 is 20.6 Å². The first kappa shape index (κ1) is 18.7. The number of aromatic nitrogens is 2. The third-order valence-electron chi connectivity index (χ3n) is 6.17. The van der Waals surface area contributed by atoms with Crippen molar-refractivity contribution in [3.8, 4) is 22.5 Å². The van der Waals surface area contributed by atoms with E-state index in [9.17, 15) is 0 Å². The van der Waals surface area contributed by atoms with Gasteiger partial charge in [-0.2, -0.15) is 0 Å². The zero-order valence-corrected chi connectivity index (χ0v) is 24.1. The molecule has 0 spiro atoms. The van der Waals surface area contributed by atoms with Crippen molar-refractivity contribution in [2.24, 2.45) is 0 Å². The van der Waals surface area contributed by atoms with Crippen molar-refractivity contribution < 1.29 is 36.9 Å². The molecular weight excluding hydrogens is 657 g/mol. The van der Waals surface area contributed by atoms with Crippen molar-refractivity contribution in [2.45, 2.75) is 46.7 Å². The number of benzene rings is 3. The van der Waals surface area contributed by atoms with Crippen molar-refractivity contribution in [1.29, 1.82) is 0 Å². The van der Waals surface area contributed by atoms with Crippen molar-refractivity contribution in [2.75, 3.05) is 0 Å². The minimum atomic E-state index is -2.22. The molecule has 0 atom stereocenters. The third-order valence-corrected chi connectivity index (χ3v) is 6.17. The summed E-state index contributed by atoms with van der Waals surface area (Å²) in [6.07, 6.45) is 3.19. The summed E-state index contributed by atoms with van der Waals surface area (Å²) in [7, 11) is 0. The van der Waals surface area contributed by atoms with Gasteiger partial charge in [0.25, 0.3) is 0 Å².